The van der Waals surface area contributed by atoms with Gasteiger partial charge in [-0.25, -0.2) is 13.6 Å². The number of nitrogens with one attached hydrogen (secondary N) is 2. The predicted molar refractivity (Wildman–Crippen MR) is 94.6 cm³/mol. The zero-order valence-corrected chi connectivity index (χ0v) is 13.9. The fraction of sp³-hybridized carbons (Fsp3) is 0.316. The first-order chi connectivity index (χ1) is 12.1. The summed E-state index contributed by atoms with van der Waals surface area (Å²) in [5.74, 6) is -1.50. The van der Waals surface area contributed by atoms with Crippen LogP contribution < -0.4 is 10.6 Å². The van der Waals surface area contributed by atoms with E-state index in [2.05, 4.69) is 15.5 Å². The van der Waals surface area contributed by atoms with Gasteiger partial charge in [-0.05, 0) is 55.8 Å². The first kappa shape index (κ1) is 17.4. The summed E-state index contributed by atoms with van der Waals surface area (Å²) >= 11 is 0. The molecule has 0 unspecified atom stereocenters. The molecular formula is C19H21F2N3O. The maximum Gasteiger partial charge on any atom is 0.323 e. The second-order valence-corrected chi connectivity index (χ2v) is 6.24. The van der Waals surface area contributed by atoms with Crippen molar-refractivity contribution in [3.05, 3.63) is 59.7 Å². The molecule has 0 radical (unpaired) electrons. The van der Waals surface area contributed by atoms with Crippen LogP contribution in [0.25, 0.3) is 0 Å². The highest BCUT2D eigenvalue weighted by Crippen LogP contribution is 2.17. The third-order valence-electron chi connectivity index (χ3n) is 4.25. The lowest BCUT2D eigenvalue weighted by molar-refractivity contribution is 0.221. The van der Waals surface area contributed by atoms with Gasteiger partial charge in [-0.2, -0.15) is 0 Å². The molecule has 6 heteroatoms. The summed E-state index contributed by atoms with van der Waals surface area (Å²) in [6.07, 6.45) is 3.81. The molecule has 1 saturated heterocycles. The summed E-state index contributed by atoms with van der Waals surface area (Å²) in [6.45, 7) is 3.17. The molecule has 132 valence electrons. The first-order valence-electron chi connectivity index (χ1n) is 8.44. The Bertz CT molecular complexity index is 728. The van der Waals surface area contributed by atoms with Crippen molar-refractivity contribution in [3.8, 4) is 0 Å². The summed E-state index contributed by atoms with van der Waals surface area (Å²) in [4.78, 5) is 14.4. The van der Waals surface area contributed by atoms with E-state index in [1.165, 1.54) is 30.9 Å². The first-order valence-corrected chi connectivity index (χ1v) is 8.44. The SMILES string of the molecule is O=C(Nc1ccc(CN2CCCCC2)cc1)Nc1ccc(F)cc1F. The van der Waals surface area contributed by atoms with E-state index in [-0.39, 0.29) is 5.69 Å². The smallest absolute Gasteiger partial charge is 0.308 e. The number of anilines is 2. The highest BCUT2D eigenvalue weighted by atomic mass is 19.1. The van der Waals surface area contributed by atoms with E-state index in [0.29, 0.717) is 5.69 Å². The van der Waals surface area contributed by atoms with Crippen molar-refractivity contribution in [1.82, 2.24) is 4.90 Å². The fourth-order valence-electron chi connectivity index (χ4n) is 2.94. The topological polar surface area (TPSA) is 44.4 Å². The number of rotatable bonds is 4. The number of hydrogen-bond donors (Lipinski definition) is 2. The number of benzene rings is 2. The third-order valence-corrected chi connectivity index (χ3v) is 4.25. The molecule has 0 aliphatic carbocycles. The Labute approximate surface area is 145 Å². The van der Waals surface area contributed by atoms with E-state index < -0.39 is 17.7 Å². The van der Waals surface area contributed by atoms with Crippen LogP contribution in [-0.4, -0.2) is 24.0 Å². The van der Waals surface area contributed by atoms with Crippen LogP contribution in [0, 0.1) is 11.6 Å². The highest BCUT2D eigenvalue weighted by Gasteiger charge is 2.11. The molecular weight excluding hydrogens is 324 g/mol. The molecule has 3 rings (SSSR count). The molecule has 2 amide bonds. The Kier molecular flexibility index (Phi) is 5.60. The summed E-state index contributed by atoms with van der Waals surface area (Å²) in [5.41, 5.74) is 1.74. The molecule has 2 aromatic rings. The van der Waals surface area contributed by atoms with Crippen molar-refractivity contribution in [1.29, 1.82) is 0 Å². The lowest BCUT2D eigenvalue weighted by Gasteiger charge is -2.26. The molecule has 1 heterocycles. The second-order valence-electron chi connectivity index (χ2n) is 6.24. The van der Waals surface area contributed by atoms with E-state index >= 15 is 0 Å². The Morgan fingerprint density at radius 1 is 0.960 bits per heavy atom. The van der Waals surface area contributed by atoms with Gasteiger partial charge in [-0.3, -0.25) is 4.90 Å². The standard InChI is InChI=1S/C19H21F2N3O/c20-15-6-9-18(17(21)12-15)23-19(25)22-16-7-4-14(5-8-16)13-24-10-2-1-3-11-24/h4-9,12H,1-3,10-11,13H2,(H2,22,23,25). The van der Waals surface area contributed by atoms with Gasteiger partial charge in [-0.15, -0.1) is 0 Å². The number of likely N-dealkylation sites (tertiary alicyclic amines) is 1. The Morgan fingerprint density at radius 2 is 1.68 bits per heavy atom. The third kappa shape index (κ3) is 5.00. The normalized spacial score (nSPS) is 15.0. The molecule has 0 spiro atoms. The lowest BCUT2D eigenvalue weighted by Crippen LogP contribution is -2.29. The van der Waals surface area contributed by atoms with Gasteiger partial charge in [-0.1, -0.05) is 18.6 Å². The molecule has 25 heavy (non-hydrogen) atoms. The van der Waals surface area contributed by atoms with Crippen LogP contribution in [0.2, 0.25) is 0 Å². The van der Waals surface area contributed by atoms with E-state index in [0.717, 1.165) is 31.8 Å². The largest absolute Gasteiger partial charge is 0.323 e. The van der Waals surface area contributed by atoms with Crippen LogP contribution in [0.1, 0.15) is 24.8 Å². The van der Waals surface area contributed by atoms with Crippen molar-refractivity contribution < 1.29 is 13.6 Å². The molecule has 0 atom stereocenters. The minimum atomic E-state index is -0.813. The van der Waals surface area contributed by atoms with Gasteiger partial charge >= 0.3 is 6.03 Å². The monoisotopic (exact) mass is 345 g/mol. The summed E-state index contributed by atoms with van der Waals surface area (Å²) < 4.78 is 26.4. The average Bonchev–Trinajstić information content (AvgIpc) is 2.60. The zero-order chi connectivity index (χ0) is 17.6. The molecule has 0 bridgehead atoms. The molecule has 0 saturated carbocycles. The minimum Gasteiger partial charge on any atom is -0.308 e. The van der Waals surface area contributed by atoms with Gasteiger partial charge in [0, 0.05) is 18.3 Å². The van der Waals surface area contributed by atoms with Gasteiger partial charge in [0.1, 0.15) is 11.6 Å². The van der Waals surface area contributed by atoms with Crippen LogP contribution in [0.4, 0.5) is 25.0 Å². The number of piperidine rings is 1. The number of carbonyl (C=O) groups excluding carboxylic acids is 1. The number of amides is 2. The molecule has 2 aromatic carbocycles. The molecule has 1 aliphatic rings. The number of carbonyl (C=O) groups is 1. The molecule has 0 aromatic heterocycles. The molecule has 1 aliphatic heterocycles. The molecule has 2 N–H and O–H groups in total. The van der Waals surface area contributed by atoms with Crippen LogP contribution in [-0.2, 0) is 6.54 Å². The van der Waals surface area contributed by atoms with E-state index in [9.17, 15) is 13.6 Å². The van der Waals surface area contributed by atoms with Crippen LogP contribution in [0.15, 0.2) is 42.5 Å². The average molecular weight is 345 g/mol. The maximum atomic E-state index is 13.5. The number of nitrogens with zero attached hydrogens (tertiary/aromatic N) is 1. The Hall–Kier alpha value is -2.47. The Balaban J connectivity index is 1.54. The number of hydrogen-bond acceptors (Lipinski definition) is 2. The van der Waals surface area contributed by atoms with Gasteiger partial charge in [0.15, 0.2) is 0 Å². The lowest BCUT2D eigenvalue weighted by atomic mass is 10.1. The van der Waals surface area contributed by atoms with Gasteiger partial charge < -0.3 is 10.6 Å². The van der Waals surface area contributed by atoms with Crippen molar-refractivity contribution in [2.75, 3.05) is 23.7 Å². The van der Waals surface area contributed by atoms with Crippen molar-refractivity contribution >= 4 is 17.4 Å². The van der Waals surface area contributed by atoms with Crippen molar-refractivity contribution in [2.45, 2.75) is 25.8 Å². The maximum absolute atomic E-state index is 13.5. The van der Waals surface area contributed by atoms with Crippen LogP contribution >= 0.6 is 0 Å². The minimum absolute atomic E-state index is 0.0689. The fourth-order valence-corrected chi connectivity index (χ4v) is 2.94. The summed E-state index contributed by atoms with van der Waals surface area (Å²) in [5, 5.41) is 5.01. The highest BCUT2D eigenvalue weighted by molar-refractivity contribution is 5.99. The zero-order valence-electron chi connectivity index (χ0n) is 13.9. The number of urea groups is 1. The van der Waals surface area contributed by atoms with E-state index in [4.69, 9.17) is 0 Å². The van der Waals surface area contributed by atoms with Gasteiger partial charge in [0.25, 0.3) is 0 Å². The second kappa shape index (κ2) is 8.07. The van der Waals surface area contributed by atoms with Crippen LogP contribution in [0.5, 0.6) is 0 Å². The predicted octanol–water partition coefficient (Wildman–Crippen LogP) is 4.59. The Morgan fingerprint density at radius 3 is 2.36 bits per heavy atom. The summed E-state index contributed by atoms with van der Waals surface area (Å²) in [6, 6.07) is 10.0. The van der Waals surface area contributed by atoms with Gasteiger partial charge in [0.2, 0.25) is 0 Å². The molecule has 4 nitrogen and oxygen atoms in total. The van der Waals surface area contributed by atoms with Crippen LogP contribution in [0.3, 0.4) is 0 Å². The van der Waals surface area contributed by atoms with Crippen molar-refractivity contribution in [3.63, 3.8) is 0 Å². The van der Waals surface area contributed by atoms with Crippen molar-refractivity contribution in [2.24, 2.45) is 0 Å². The van der Waals surface area contributed by atoms with E-state index in [1.54, 1.807) is 0 Å². The quantitative estimate of drug-likeness (QED) is 0.851. The summed E-state index contributed by atoms with van der Waals surface area (Å²) in [7, 11) is 0. The van der Waals surface area contributed by atoms with E-state index in [1.807, 2.05) is 24.3 Å². The molecule has 1 fully saturated rings. The van der Waals surface area contributed by atoms with Gasteiger partial charge in [0.05, 0.1) is 5.69 Å². The number of halogens is 2.